The number of furan rings is 1. The van der Waals surface area contributed by atoms with Gasteiger partial charge in [0, 0.05) is 0 Å². The van der Waals surface area contributed by atoms with Crippen molar-refractivity contribution in [3.8, 4) is 0 Å². The first-order valence-corrected chi connectivity index (χ1v) is 9.98. The normalized spacial score (nSPS) is 20.4. The fraction of sp³-hybridized carbons (Fsp3) is 0.429. The number of ether oxygens (including phenoxy) is 1. The molecule has 30 heavy (non-hydrogen) atoms. The van der Waals surface area contributed by atoms with E-state index in [1.807, 2.05) is 12.1 Å². The van der Waals surface area contributed by atoms with Gasteiger partial charge in [-0.3, -0.25) is 9.80 Å². The molecule has 3 heterocycles. The second kappa shape index (κ2) is 8.74. The highest BCUT2D eigenvalue weighted by atomic mass is 19.1. The van der Waals surface area contributed by atoms with E-state index in [2.05, 4.69) is 10.2 Å². The first-order valence-electron chi connectivity index (χ1n) is 9.98. The molecular weight excluding hydrogens is 393 g/mol. The molecule has 0 spiro atoms. The van der Waals surface area contributed by atoms with Crippen LogP contribution < -0.4 is 10.2 Å². The molecule has 1 aromatic heterocycles. The predicted molar refractivity (Wildman–Crippen MR) is 106 cm³/mol. The van der Waals surface area contributed by atoms with Crippen LogP contribution in [-0.4, -0.2) is 54.5 Å². The Labute approximate surface area is 173 Å². The molecule has 2 N–H and O–H groups in total. The number of carboxylic acid groups (broad SMARTS) is 1. The summed E-state index contributed by atoms with van der Waals surface area (Å²) in [4.78, 5) is 26.3. The monoisotopic (exact) mass is 417 g/mol. The van der Waals surface area contributed by atoms with Crippen molar-refractivity contribution in [2.75, 3.05) is 31.1 Å². The molecule has 0 aliphatic carbocycles. The number of carbonyl (C=O) groups excluding carboxylic acids is 1. The first kappa shape index (κ1) is 20.2. The van der Waals surface area contributed by atoms with E-state index >= 15 is 0 Å². The molecule has 2 saturated heterocycles. The Bertz CT molecular complexity index is 896. The number of amides is 2. The van der Waals surface area contributed by atoms with Crippen LogP contribution >= 0.6 is 0 Å². The van der Waals surface area contributed by atoms with Gasteiger partial charge < -0.3 is 19.6 Å². The van der Waals surface area contributed by atoms with Crippen LogP contribution in [0.3, 0.4) is 0 Å². The molecule has 9 heteroatoms. The molecule has 2 aliphatic heterocycles. The highest BCUT2D eigenvalue weighted by molar-refractivity contribution is 5.89. The summed E-state index contributed by atoms with van der Waals surface area (Å²) in [6.07, 6.45) is 0.979. The van der Waals surface area contributed by atoms with Crippen LogP contribution in [0.1, 0.15) is 30.1 Å². The van der Waals surface area contributed by atoms with Crippen molar-refractivity contribution < 1.29 is 28.2 Å². The van der Waals surface area contributed by atoms with E-state index in [-0.39, 0.29) is 24.8 Å². The number of halogens is 1. The molecule has 2 fully saturated rings. The lowest BCUT2D eigenvalue weighted by Crippen LogP contribution is -2.33. The average Bonchev–Trinajstić information content (AvgIpc) is 3.36. The fourth-order valence-electron chi connectivity index (χ4n) is 4.08. The number of hydrogen-bond donors (Lipinski definition) is 2. The molecule has 1 aromatic carbocycles. The standard InChI is InChI=1S/C21H24FN3O5/c22-19-10-15(25-13-17(30-21(25)28)11-23-20(26)27)3-4-18(19)14-5-7-24(8-6-14)12-16-2-1-9-29-16/h1-4,9-10,14,17,23H,5-8,11-13H2,(H,26,27). The summed E-state index contributed by atoms with van der Waals surface area (Å²) in [5, 5.41) is 10.9. The van der Waals surface area contributed by atoms with Gasteiger partial charge in [0.1, 0.15) is 17.7 Å². The third kappa shape index (κ3) is 4.56. The van der Waals surface area contributed by atoms with Gasteiger partial charge in [0.25, 0.3) is 0 Å². The molecular formula is C21H24FN3O5. The van der Waals surface area contributed by atoms with Crippen LogP contribution in [-0.2, 0) is 11.3 Å². The van der Waals surface area contributed by atoms with Crippen LogP contribution in [0.25, 0.3) is 0 Å². The summed E-state index contributed by atoms with van der Waals surface area (Å²) in [6.45, 7) is 2.65. The Balaban J connectivity index is 1.35. The van der Waals surface area contributed by atoms with Crippen molar-refractivity contribution in [3.63, 3.8) is 0 Å². The van der Waals surface area contributed by atoms with E-state index in [0.717, 1.165) is 38.2 Å². The summed E-state index contributed by atoms with van der Waals surface area (Å²) in [5.74, 6) is 0.722. The number of anilines is 1. The highest BCUT2D eigenvalue weighted by Gasteiger charge is 2.33. The number of hydrogen-bond acceptors (Lipinski definition) is 5. The van der Waals surface area contributed by atoms with Crippen molar-refractivity contribution in [1.82, 2.24) is 10.2 Å². The molecule has 2 aromatic rings. The molecule has 8 nitrogen and oxygen atoms in total. The fourth-order valence-corrected chi connectivity index (χ4v) is 4.08. The minimum absolute atomic E-state index is 0.00524. The Morgan fingerprint density at radius 3 is 2.73 bits per heavy atom. The maximum atomic E-state index is 14.9. The van der Waals surface area contributed by atoms with Gasteiger partial charge in [0.2, 0.25) is 0 Å². The van der Waals surface area contributed by atoms with Crippen LogP contribution in [0.4, 0.5) is 19.7 Å². The van der Waals surface area contributed by atoms with Crippen LogP contribution in [0, 0.1) is 5.82 Å². The summed E-state index contributed by atoms with van der Waals surface area (Å²) < 4.78 is 25.4. The van der Waals surface area contributed by atoms with Crippen molar-refractivity contribution in [3.05, 3.63) is 53.7 Å². The summed E-state index contributed by atoms with van der Waals surface area (Å²) in [5.41, 5.74) is 1.07. The lowest BCUT2D eigenvalue weighted by atomic mass is 9.89. The maximum Gasteiger partial charge on any atom is 0.414 e. The Morgan fingerprint density at radius 2 is 2.07 bits per heavy atom. The number of carbonyl (C=O) groups is 2. The Kier molecular flexibility index (Phi) is 5.89. The lowest BCUT2D eigenvalue weighted by molar-refractivity contribution is 0.136. The Hall–Kier alpha value is -3.07. The molecule has 0 bridgehead atoms. The smallest absolute Gasteiger partial charge is 0.414 e. The molecule has 160 valence electrons. The number of piperidine rings is 1. The van der Waals surface area contributed by atoms with E-state index in [1.165, 1.54) is 11.0 Å². The van der Waals surface area contributed by atoms with E-state index in [4.69, 9.17) is 14.3 Å². The van der Waals surface area contributed by atoms with Crippen molar-refractivity contribution in [1.29, 1.82) is 0 Å². The zero-order chi connectivity index (χ0) is 21.1. The van der Waals surface area contributed by atoms with Crippen molar-refractivity contribution in [2.24, 2.45) is 0 Å². The summed E-state index contributed by atoms with van der Waals surface area (Å²) >= 11 is 0. The van der Waals surface area contributed by atoms with Gasteiger partial charge in [0.15, 0.2) is 0 Å². The largest absolute Gasteiger partial charge is 0.468 e. The molecule has 1 unspecified atom stereocenters. The number of benzene rings is 1. The lowest BCUT2D eigenvalue weighted by Gasteiger charge is -2.31. The minimum Gasteiger partial charge on any atom is -0.468 e. The van der Waals surface area contributed by atoms with Crippen molar-refractivity contribution >= 4 is 17.9 Å². The van der Waals surface area contributed by atoms with Gasteiger partial charge >= 0.3 is 12.2 Å². The summed E-state index contributed by atoms with van der Waals surface area (Å²) in [6, 6.07) is 8.66. The van der Waals surface area contributed by atoms with Gasteiger partial charge in [-0.1, -0.05) is 6.07 Å². The third-order valence-electron chi connectivity index (χ3n) is 5.64. The SMILES string of the molecule is O=C(O)NCC1CN(c2ccc(C3CCN(Cc4ccco4)CC3)c(F)c2)C(=O)O1. The quantitative estimate of drug-likeness (QED) is 0.748. The molecule has 0 saturated carbocycles. The maximum absolute atomic E-state index is 14.9. The predicted octanol–water partition coefficient (Wildman–Crippen LogP) is 3.39. The number of nitrogens with zero attached hydrogens (tertiary/aromatic N) is 2. The second-order valence-corrected chi connectivity index (χ2v) is 7.64. The summed E-state index contributed by atoms with van der Waals surface area (Å²) in [7, 11) is 0. The van der Waals surface area contributed by atoms with E-state index < -0.39 is 18.3 Å². The van der Waals surface area contributed by atoms with Gasteiger partial charge in [-0.15, -0.1) is 0 Å². The topological polar surface area (TPSA) is 95.3 Å². The van der Waals surface area contributed by atoms with Crippen LogP contribution in [0.15, 0.2) is 41.0 Å². The molecule has 2 amide bonds. The molecule has 1 atom stereocenters. The molecule has 0 radical (unpaired) electrons. The van der Waals surface area contributed by atoms with E-state index in [9.17, 15) is 14.0 Å². The third-order valence-corrected chi connectivity index (χ3v) is 5.64. The minimum atomic E-state index is -1.19. The number of nitrogens with one attached hydrogen (secondary N) is 1. The average molecular weight is 417 g/mol. The van der Waals surface area contributed by atoms with Gasteiger partial charge in [-0.25, -0.2) is 14.0 Å². The van der Waals surface area contributed by atoms with E-state index in [1.54, 1.807) is 18.4 Å². The van der Waals surface area contributed by atoms with Gasteiger partial charge in [0.05, 0.1) is 31.6 Å². The second-order valence-electron chi connectivity index (χ2n) is 7.64. The van der Waals surface area contributed by atoms with Gasteiger partial charge in [-0.2, -0.15) is 0 Å². The van der Waals surface area contributed by atoms with Crippen molar-refractivity contribution in [2.45, 2.75) is 31.4 Å². The Morgan fingerprint density at radius 1 is 1.27 bits per heavy atom. The molecule has 2 aliphatic rings. The van der Waals surface area contributed by atoms with Gasteiger partial charge in [-0.05, 0) is 61.7 Å². The number of rotatable bonds is 6. The number of likely N-dealkylation sites (tertiary alicyclic amines) is 1. The molecule has 4 rings (SSSR count). The number of cyclic esters (lactones) is 1. The van der Waals surface area contributed by atoms with E-state index in [0.29, 0.717) is 11.3 Å². The van der Waals surface area contributed by atoms with Crippen LogP contribution in [0.5, 0.6) is 0 Å². The first-order chi connectivity index (χ1) is 14.5. The zero-order valence-electron chi connectivity index (χ0n) is 16.4. The van der Waals surface area contributed by atoms with Crippen LogP contribution in [0.2, 0.25) is 0 Å². The highest BCUT2D eigenvalue weighted by Crippen LogP contribution is 2.33. The zero-order valence-corrected chi connectivity index (χ0v) is 16.4.